The highest BCUT2D eigenvalue weighted by Crippen LogP contribution is 2.23. The van der Waals surface area contributed by atoms with Crippen LogP contribution in [0.5, 0.6) is 0 Å². The van der Waals surface area contributed by atoms with Gasteiger partial charge in [0.1, 0.15) is 5.82 Å². The van der Waals surface area contributed by atoms with Gasteiger partial charge in [-0.2, -0.15) is 0 Å². The zero-order chi connectivity index (χ0) is 17.9. The molecule has 1 unspecified atom stereocenters. The second kappa shape index (κ2) is 7.24. The number of nitrogens with zero attached hydrogens (tertiary/aromatic N) is 2. The molecule has 3 heteroatoms. The summed E-state index contributed by atoms with van der Waals surface area (Å²) in [5, 5.41) is 3.67. The minimum atomic E-state index is 0.0727. The maximum Gasteiger partial charge on any atom is 0.130 e. The van der Waals surface area contributed by atoms with Gasteiger partial charge in [-0.25, -0.2) is 4.98 Å². The largest absolute Gasteiger partial charge is 0.336 e. The quantitative estimate of drug-likeness (QED) is 0.740. The number of nitrogens with one attached hydrogen (secondary N) is 1. The van der Waals surface area contributed by atoms with Crippen LogP contribution in [0.15, 0.2) is 67.0 Å². The summed E-state index contributed by atoms with van der Waals surface area (Å²) in [4.78, 5) is 4.55. The van der Waals surface area contributed by atoms with E-state index >= 15 is 0 Å². The third-order valence-electron chi connectivity index (χ3n) is 4.58. The van der Waals surface area contributed by atoms with Crippen LogP contribution in [0.1, 0.15) is 49.3 Å². The monoisotopic (exact) mass is 333 g/mol. The van der Waals surface area contributed by atoms with Crippen molar-refractivity contribution in [2.45, 2.75) is 38.8 Å². The first-order valence-corrected chi connectivity index (χ1v) is 8.80. The first-order valence-electron chi connectivity index (χ1n) is 8.80. The van der Waals surface area contributed by atoms with Gasteiger partial charge in [0.2, 0.25) is 0 Å². The minimum Gasteiger partial charge on any atom is -0.336 e. The molecule has 1 N–H and O–H groups in total. The van der Waals surface area contributed by atoms with Crippen LogP contribution in [-0.4, -0.2) is 9.55 Å². The smallest absolute Gasteiger partial charge is 0.130 e. The van der Waals surface area contributed by atoms with Gasteiger partial charge in [-0.15, -0.1) is 0 Å². The maximum absolute atomic E-state index is 4.55. The molecule has 0 bridgehead atoms. The standard InChI is InChI=1S/C22H27N3/c1-22(2,3)19-12-10-17(11-13-19)16-24-20(18-8-6-5-7-9-18)21-23-14-15-25(21)4/h5-15,20,24H,16H2,1-4H3. The van der Waals surface area contributed by atoms with Gasteiger partial charge in [-0.05, 0) is 22.1 Å². The molecule has 0 radical (unpaired) electrons. The lowest BCUT2D eigenvalue weighted by Crippen LogP contribution is -2.24. The Morgan fingerprint density at radius 1 is 1.00 bits per heavy atom. The molecule has 0 aliphatic heterocycles. The number of aromatic nitrogens is 2. The van der Waals surface area contributed by atoms with E-state index in [2.05, 4.69) is 84.2 Å². The van der Waals surface area contributed by atoms with Crippen molar-refractivity contribution in [1.82, 2.24) is 14.9 Å². The number of hydrogen-bond acceptors (Lipinski definition) is 2. The molecule has 0 amide bonds. The fraction of sp³-hybridized carbons (Fsp3) is 0.318. The van der Waals surface area contributed by atoms with E-state index in [9.17, 15) is 0 Å². The number of imidazole rings is 1. The number of benzene rings is 2. The average Bonchev–Trinajstić information content (AvgIpc) is 3.02. The zero-order valence-corrected chi connectivity index (χ0v) is 15.5. The molecular weight excluding hydrogens is 306 g/mol. The lowest BCUT2D eigenvalue weighted by Gasteiger charge is -2.21. The van der Waals surface area contributed by atoms with Crippen molar-refractivity contribution in [2.75, 3.05) is 0 Å². The van der Waals surface area contributed by atoms with E-state index in [0.717, 1.165) is 12.4 Å². The molecule has 3 nitrogen and oxygen atoms in total. The van der Waals surface area contributed by atoms with Crippen molar-refractivity contribution in [3.63, 3.8) is 0 Å². The van der Waals surface area contributed by atoms with Crippen LogP contribution in [0.2, 0.25) is 0 Å². The third kappa shape index (κ3) is 4.18. The summed E-state index contributed by atoms with van der Waals surface area (Å²) in [5.74, 6) is 1.03. The van der Waals surface area contributed by atoms with Crippen LogP contribution < -0.4 is 5.32 Å². The molecule has 0 aliphatic carbocycles. The van der Waals surface area contributed by atoms with Crippen molar-refractivity contribution in [1.29, 1.82) is 0 Å². The topological polar surface area (TPSA) is 29.9 Å². The zero-order valence-electron chi connectivity index (χ0n) is 15.5. The van der Waals surface area contributed by atoms with Crippen molar-refractivity contribution in [3.8, 4) is 0 Å². The summed E-state index contributed by atoms with van der Waals surface area (Å²) in [5.41, 5.74) is 4.05. The molecule has 25 heavy (non-hydrogen) atoms. The lowest BCUT2D eigenvalue weighted by molar-refractivity contribution is 0.557. The highest BCUT2D eigenvalue weighted by Gasteiger charge is 2.18. The summed E-state index contributed by atoms with van der Waals surface area (Å²) in [6.45, 7) is 7.53. The molecule has 3 aromatic rings. The Morgan fingerprint density at radius 3 is 2.24 bits per heavy atom. The minimum absolute atomic E-state index is 0.0727. The molecule has 1 atom stereocenters. The highest BCUT2D eigenvalue weighted by atomic mass is 15.1. The second-order valence-electron chi connectivity index (χ2n) is 7.57. The normalized spacial score (nSPS) is 13.0. The van der Waals surface area contributed by atoms with E-state index in [1.807, 2.05) is 25.5 Å². The Balaban J connectivity index is 1.79. The number of aryl methyl sites for hydroxylation is 1. The summed E-state index contributed by atoms with van der Waals surface area (Å²) in [6.07, 6.45) is 3.84. The fourth-order valence-corrected chi connectivity index (χ4v) is 3.00. The summed E-state index contributed by atoms with van der Waals surface area (Å²) in [6, 6.07) is 19.5. The summed E-state index contributed by atoms with van der Waals surface area (Å²) >= 11 is 0. The van der Waals surface area contributed by atoms with Gasteiger partial charge in [0, 0.05) is 26.0 Å². The van der Waals surface area contributed by atoms with Crippen LogP contribution in [-0.2, 0) is 19.0 Å². The Kier molecular flexibility index (Phi) is 5.05. The molecule has 0 spiro atoms. The van der Waals surface area contributed by atoms with E-state index in [-0.39, 0.29) is 11.5 Å². The van der Waals surface area contributed by atoms with Crippen molar-refractivity contribution in [3.05, 3.63) is 89.5 Å². The van der Waals surface area contributed by atoms with E-state index in [1.54, 1.807) is 0 Å². The predicted molar refractivity (Wildman–Crippen MR) is 103 cm³/mol. The van der Waals surface area contributed by atoms with Crippen LogP contribution >= 0.6 is 0 Å². The number of rotatable bonds is 5. The predicted octanol–water partition coefficient (Wildman–Crippen LogP) is 4.60. The first kappa shape index (κ1) is 17.4. The van der Waals surface area contributed by atoms with E-state index < -0.39 is 0 Å². The summed E-state index contributed by atoms with van der Waals surface area (Å²) < 4.78 is 2.08. The Bertz CT molecular complexity index is 795. The van der Waals surface area contributed by atoms with Crippen molar-refractivity contribution in [2.24, 2.45) is 7.05 Å². The van der Waals surface area contributed by atoms with Gasteiger partial charge < -0.3 is 4.57 Å². The maximum atomic E-state index is 4.55. The third-order valence-corrected chi connectivity index (χ3v) is 4.58. The van der Waals surface area contributed by atoms with Gasteiger partial charge >= 0.3 is 0 Å². The fourth-order valence-electron chi connectivity index (χ4n) is 3.00. The van der Waals surface area contributed by atoms with E-state index in [4.69, 9.17) is 0 Å². The Labute approximate surface area is 150 Å². The van der Waals surface area contributed by atoms with Crippen LogP contribution in [0.3, 0.4) is 0 Å². The second-order valence-corrected chi connectivity index (χ2v) is 7.57. The molecule has 2 aromatic carbocycles. The lowest BCUT2D eigenvalue weighted by atomic mass is 9.87. The molecule has 0 saturated carbocycles. The van der Waals surface area contributed by atoms with Gasteiger partial charge in [-0.1, -0.05) is 75.4 Å². The van der Waals surface area contributed by atoms with Gasteiger partial charge in [-0.3, -0.25) is 5.32 Å². The van der Waals surface area contributed by atoms with E-state index in [0.29, 0.717) is 0 Å². The first-order chi connectivity index (χ1) is 11.9. The van der Waals surface area contributed by atoms with Gasteiger partial charge in [0.15, 0.2) is 0 Å². The molecule has 1 aromatic heterocycles. The van der Waals surface area contributed by atoms with Crippen molar-refractivity contribution >= 4 is 0 Å². The van der Waals surface area contributed by atoms with Crippen LogP contribution in [0, 0.1) is 0 Å². The van der Waals surface area contributed by atoms with E-state index in [1.165, 1.54) is 16.7 Å². The number of hydrogen-bond donors (Lipinski definition) is 1. The van der Waals surface area contributed by atoms with Crippen LogP contribution in [0.25, 0.3) is 0 Å². The molecule has 130 valence electrons. The molecule has 1 heterocycles. The molecule has 3 rings (SSSR count). The molecular formula is C22H27N3. The molecule has 0 aliphatic rings. The highest BCUT2D eigenvalue weighted by molar-refractivity contribution is 5.29. The Morgan fingerprint density at radius 2 is 1.68 bits per heavy atom. The SMILES string of the molecule is Cn1ccnc1C(NCc1ccc(C(C)(C)C)cc1)c1ccccc1. The van der Waals surface area contributed by atoms with Crippen molar-refractivity contribution < 1.29 is 0 Å². The summed E-state index contributed by atoms with van der Waals surface area (Å²) in [7, 11) is 2.04. The molecule has 0 fully saturated rings. The Hall–Kier alpha value is -2.39. The van der Waals surface area contributed by atoms with Crippen LogP contribution in [0.4, 0.5) is 0 Å². The molecule has 0 saturated heterocycles. The van der Waals surface area contributed by atoms with Gasteiger partial charge in [0.25, 0.3) is 0 Å². The van der Waals surface area contributed by atoms with Gasteiger partial charge in [0.05, 0.1) is 6.04 Å². The average molecular weight is 333 g/mol.